The summed E-state index contributed by atoms with van der Waals surface area (Å²) in [5.41, 5.74) is 5.16. The number of quaternary nitrogens is 1. The number of rotatable bonds is 3. The fourth-order valence-corrected chi connectivity index (χ4v) is 3.11. The lowest BCUT2D eigenvalue weighted by Gasteiger charge is -2.10. The highest BCUT2D eigenvalue weighted by atomic mass is 32.2. The van der Waals surface area contributed by atoms with E-state index in [1.807, 2.05) is 6.92 Å². The Bertz CT molecular complexity index is 664. The van der Waals surface area contributed by atoms with Crippen LogP contribution in [-0.4, -0.2) is 8.42 Å². The zero-order valence-corrected chi connectivity index (χ0v) is 11.3. The number of hydrogen-bond donors (Lipinski definition) is 1. The van der Waals surface area contributed by atoms with Crippen LogP contribution >= 0.6 is 0 Å². The molecule has 0 aliphatic heterocycles. The molecule has 0 saturated heterocycles. The molecule has 2 rings (SSSR count). The van der Waals surface area contributed by atoms with Gasteiger partial charge in [-0.05, 0) is 43.3 Å². The molecule has 0 aliphatic rings. The fourth-order valence-electron chi connectivity index (χ4n) is 1.75. The largest absolute Gasteiger partial charge is 0.338 e. The maximum atomic E-state index is 12.8. The van der Waals surface area contributed by atoms with Crippen molar-refractivity contribution in [3.63, 3.8) is 0 Å². The standard InChI is InChI=1S/C14H14FNO2S/c1-10-2-8-13(9-3-10)19(17,18)14(16)11-4-6-12(15)7-5-11/h2-9,14H,16H2,1H3/p+1. The topological polar surface area (TPSA) is 61.8 Å². The van der Waals surface area contributed by atoms with Gasteiger partial charge in [-0.1, -0.05) is 17.7 Å². The van der Waals surface area contributed by atoms with Crippen LogP contribution in [0.15, 0.2) is 53.4 Å². The van der Waals surface area contributed by atoms with Crippen LogP contribution in [0.2, 0.25) is 0 Å². The van der Waals surface area contributed by atoms with Crippen LogP contribution in [-0.2, 0) is 9.84 Å². The molecule has 1 atom stereocenters. The van der Waals surface area contributed by atoms with E-state index in [0.717, 1.165) is 5.56 Å². The summed E-state index contributed by atoms with van der Waals surface area (Å²) in [6.07, 6.45) is 0. The van der Waals surface area contributed by atoms with Gasteiger partial charge in [0.2, 0.25) is 15.2 Å². The Kier molecular flexibility index (Phi) is 3.68. The van der Waals surface area contributed by atoms with E-state index in [9.17, 15) is 12.8 Å². The van der Waals surface area contributed by atoms with Crippen molar-refractivity contribution >= 4 is 9.84 Å². The number of halogens is 1. The highest BCUT2D eigenvalue weighted by Gasteiger charge is 2.28. The van der Waals surface area contributed by atoms with E-state index in [0.29, 0.717) is 5.56 Å². The zero-order chi connectivity index (χ0) is 14.0. The highest BCUT2D eigenvalue weighted by molar-refractivity contribution is 7.91. The van der Waals surface area contributed by atoms with Gasteiger partial charge in [0, 0.05) is 5.56 Å². The second-order valence-corrected chi connectivity index (χ2v) is 6.53. The third kappa shape index (κ3) is 2.83. The molecule has 19 heavy (non-hydrogen) atoms. The fraction of sp³-hybridized carbons (Fsp3) is 0.143. The van der Waals surface area contributed by atoms with Crippen LogP contribution in [0.4, 0.5) is 4.39 Å². The van der Waals surface area contributed by atoms with Crippen molar-refractivity contribution in [1.29, 1.82) is 0 Å². The minimum atomic E-state index is -3.56. The smallest absolute Gasteiger partial charge is 0.235 e. The molecule has 2 aromatic carbocycles. The summed E-state index contributed by atoms with van der Waals surface area (Å²) in [5, 5.41) is -0.948. The third-order valence-corrected chi connectivity index (χ3v) is 4.92. The van der Waals surface area contributed by atoms with Gasteiger partial charge in [0.25, 0.3) is 0 Å². The van der Waals surface area contributed by atoms with Crippen LogP contribution in [0.1, 0.15) is 16.5 Å². The average Bonchev–Trinajstić information content (AvgIpc) is 2.39. The Morgan fingerprint density at radius 1 is 1.00 bits per heavy atom. The number of sulfone groups is 1. The van der Waals surface area contributed by atoms with Gasteiger partial charge < -0.3 is 5.73 Å². The monoisotopic (exact) mass is 280 g/mol. The molecular formula is C14H15FNO2S+. The van der Waals surface area contributed by atoms with Gasteiger partial charge in [0.1, 0.15) is 5.82 Å². The molecule has 0 radical (unpaired) electrons. The van der Waals surface area contributed by atoms with Crippen LogP contribution in [0.25, 0.3) is 0 Å². The maximum absolute atomic E-state index is 12.8. The van der Waals surface area contributed by atoms with Gasteiger partial charge in [0.15, 0.2) is 0 Å². The molecule has 2 aromatic rings. The normalized spacial score (nSPS) is 13.2. The van der Waals surface area contributed by atoms with Crippen LogP contribution < -0.4 is 5.73 Å². The van der Waals surface area contributed by atoms with Crippen molar-refractivity contribution in [1.82, 2.24) is 0 Å². The van der Waals surface area contributed by atoms with Gasteiger partial charge in [-0.2, -0.15) is 0 Å². The molecule has 0 aliphatic carbocycles. The molecule has 0 fully saturated rings. The van der Waals surface area contributed by atoms with Crippen molar-refractivity contribution in [2.24, 2.45) is 0 Å². The molecule has 0 saturated carbocycles. The molecule has 0 heterocycles. The number of benzene rings is 2. The minimum absolute atomic E-state index is 0.224. The Morgan fingerprint density at radius 2 is 1.53 bits per heavy atom. The van der Waals surface area contributed by atoms with Gasteiger partial charge >= 0.3 is 0 Å². The van der Waals surface area contributed by atoms with E-state index in [2.05, 4.69) is 5.73 Å². The second kappa shape index (κ2) is 5.11. The molecule has 3 N–H and O–H groups in total. The van der Waals surface area contributed by atoms with Crippen LogP contribution in [0, 0.1) is 12.7 Å². The Morgan fingerprint density at radius 3 is 2.05 bits per heavy atom. The lowest BCUT2D eigenvalue weighted by Crippen LogP contribution is -2.57. The highest BCUT2D eigenvalue weighted by Crippen LogP contribution is 2.23. The lowest BCUT2D eigenvalue weighted by atomic mass is 10.2. The van der Waals surface area contributed by atoms with Crippen molar-refractivity contribution in [3.05, 3.63) is 65.5 Å². The summed E-state index contributed by atoms with van der Waals surface area (Å²) in [6.45, 7) is 1.89. The van der Waals surface area contributed by atoms with E-state index in [-0.39, 0.29) is 4.90 Å². The summed E-state index contributed by atoms with van der Waals surface area (Å²) >= 11 is 0. The molecule has 0 aromatic heterocycles. The first-order chi connectivity index (χ1) is 8.91. The first-order valence-electron chi connectivity index (χ1n) is 5.80. The van der Waals surface area contributed by atoms with Gasteiger partial charge in [-0.15, -0.1) is 0 Å². The summed E-state index contributed by atoms with van der Waals surface area (Å²) in [7, 11) is -3.56. The quantitative estimate of drug-likeness (QED) is 0.932. The molecule has 1 unspecified atom stereocenters. The molecule has 0 bridgehead atoms. The molecule has 100 valence electrons. The molecule has 0 spiro atoms. The van der Waals surface area contributed by atoms with Gasteiger partial charge in [-0.3, -0.25) is 0 Å². The first-order valence-corrected chi connectivity index (χ1v) is 7.35. The van der Waals surface area contributed by atoms with E-state index >= 15 is 0 Å². The third-order valence-electron chi connectivity index (χ3n) is 2.97. The van der Waals surface area contributed by atoms with Crippen LogP contribution in [0.3, 0.4) is 0 Å². The molecule has 3 nitrogen and oxygen atoms in total. The van der Waals surface area contributed by atoms with Crippen molar-refractivity contribution in [2.45, 2.75) is 17.2 Å². The van der Waals surface area contributed by atoms with E-state index < -0.39 is 21.0 Å². The van der Waals surface area contributed by atoms with Gasteiger partial charge in [-0.25, -0.2) is 12.8 Å². The summed E-state index contributed by atoms with van der Waals surface area (Å²) in [5.74, 6) is -0.399. The Labute approximate surface area is 111 Å². The lowest BCUT2D eigenvalue weighted by molar-refractivity contribution is -0.394. The summed E-state index contributed by atoms with van der Waals surface area (Å²) in [6, 6.07) is 12.0. The predicted molar refractivity (Wildman–Crippen MR) is 70.4 cm³/mol. The summed E-state index contributed by atoms with van der Waals surface area (Å²) < 4.78 is 37.6. The minimum Gasteiger partial charge on any atom is -0.338 e. The van der Waals surface area contributed by atoms with Crippen LogP contribution in [0.5, 0.6) is 0 Å². The van der Waals surface area contributed by atoms with E-state index in [1.54, 1.807) is 24.3 Å². The molecule has 5 heteroatoms. The van der Waals surface area contributed by atoms with Gasteiger partial charge in [0.05, 0.1) is 4.90 Å². The first kappa shape index (κ1) is 13.7. The number of hydrogen-bond acceptors (Lipinski definition) is 2. The van der Waals surface area contributed by atoms with E-state index in [4.69, 9.17) is 0 Å². The van der Waals surface area contributed by atoms with Crippen molar-refractivity contribution in [2.75, 3.05) is 0 Å². The zero-order valence-electron chi connectivity index (χ0n) is 10.5. The van der Waals surface area contributed by atoms with Crippen molar-refractivity contribution < 1.29 is 18.5 Å². The second-order valence-electron chi connectivity index (χ2n) is 4.40. The molecular weight excluding hydrogens is 265 g/mol. The summed E-state index contributed by atoms with van der Waals surface area (Å²) in [4.78, 5) is 0.224. The Hall–Kier alpha value is -1.72. The maximum Gasteiger partial charge on any atom is 0.235 e. The predicted octanol–water partition coefficient (Wildman–Crippen LogP) is 1.85. The SMILES string of the molecule is Cc1ccc(S(=O)(=O)C([NH3+])c2ccc(F)cc2)cc1. The molecule has 0 amide bonds. The number of aryl methyl sites for hydroxylation is 1. The van der Waals surface area contributed by atoms with E-state index in [1.165, 1.54) is 24.3 Å². The van der Waals surface area contributed by atoms with Crippen molar-refractivity contribution in [3.8, 4) is 0 Å². The average molecular weight is 280 g/mol. The Balaban J connectivity index is 2.39.